The lowest BCUT2D eigenvalue weighted by atomic mass is 10.0. The lowest BCUT2D eigenvalue weighted by molar-refractivity contribution is -0.134. The van der Waals surface area contributed by atoms with Crippen molar-refractivity contribution >= 4 is 16.9 Å². The normalized spacial score (nSPS) is 17.6. The molecule has 1 atom stereocenters. The first-order valence-corrected chi connectivity index (χ1v) is 9.06. The van der Waals surface area contributed by atoms with E-state index < -0.39 is 0 Å². The maximum absolute atomic E-state index is 12.9. The van der Waals surface area contributed by atoms with Crippen LogP contribution in [0.1, 0.15) is 29.4 Å². The van der Waals surface area contributed by atoms with E-state index in [2.05, 4.69) is 33.3 Å². The minimum Gasteiger partial charge on any atom is -0.342 e. The number of benzene rings is 1. The van der Waals surface area contributed by atoms with Crippen molar-refractivity contribution in [3.05, 3.63) is 59.7 Å². The summed E-state index contributed by atoms with van der Waals surface area (Å²) in [6, 6.07) is 10.1. The second kappa shape index (κ2) is 7.25. The molecule has 1 fully saturated rings. The zero-order valence-corrected chi connectivity index (χ0v) is 14.9. The van der Waals surface area contributed by atoms with E-state index in [0.29, 0.717) is 12.8 Å². The Balaban J connectivity index is 1.46. The number of amides is 1. The van der Waals surface area contributed by atoms with Gasteiger partial charge in [0.15, 0.2) is 0 Å². The number of pyridine rings is 1. The highest BCUT2D eigenvalue weighted by Gasteiger charge is 2.27. The zero-order chi connectivity index (χ0) is 17.9. The molecule has 1 aliphatic rings. The smallest absolute Gasteiger partial charge is 0.223 e. The van der Waals surface area contributed by atoms with Crippen LogP contribution in [0, 0.1) is 6.92 Å². The van der Waals surface area contributed by atoms with Gasteiger partial charge in [0.1, 0.15) is 5.82 Å². The summed E-state index contributed by atoms with van der Waals surface area (Å²) < 4.78 is 0. The van der Waals surface area contributed by atoms with Gasteiger partial charge < -0.3 is 15.2 Å². The van der Waals surface area contributed by atoms with Crippen LogP contribution < -0.4 is 5.32 Å². The first-order valence-electron chi connectivity index (χ1n) is 9.06. The molecule has 6 nitrogen and oxygen atoms in total. The van der Waals surface area contributed by atoms with Gasteiger partial charge in [0, 0.05) is 44.9 Å². The number of aromatic nitrogens is 3. The predicted molar refractivity (Wildman–Crippen MR) is 101 cm³/mol. The number of rotatable bonds is 4. The van der Waals surface area contributed by atoms with Gasteiger partial charge in [0.05, 0.1) is 17.1 Å². The molecule has 0 saturated carbocycles. The highest BCUT2D eigenvalue weighted by molar-refractivity contribution is 5.79. The molecule has 6 heteroatoms. The van der Waals surface area contributed by atoms with Crippen molar-refractivity contribution in [2.24, 2.45) is 0 Å². The molecule has 1 unspecified atom stereocenters. The van der Waals surface area contributed by atoms with Gasteiger partial charge >= 0.3 is 0 Å². The number of fused-ring (bicyclic) bond motifs is 1. The molecule has 3 aromatic rings. The van der Waals surface area contributed by atoms with Crippen LogP contribution in [0.15, 0.2) is 42.7 Å². The van der Waals surface area contributed by atoms with Crippen molar-refractivity contribution in [3.8, 4) is 0 Å². The topological polar surface area (TPSA) is 73.9 Å². The Morgan fingerprint density at radius 2 is 2.23 bits per heavy atom. The number of H-pyrrole nitrogens is 1. The van der Waals surface area contributed by atoms with Gasteiger partial charge in [-0.15, -0.1) is 0 Å². The Labute approximate surface area is 152 Å². The number of piperazine rings is 1. The second-order valence-corrected chi connectivity index (χ2v) is 6.75. The molecule has 0 aliphatic carbocycles. The third-order valence-corrected chi connectivity index (χ3v) is 4.97. The van der Waals surface area contributed by atoms with Gasteiger partial charge in [-0.1, -0.05) is 18.2 Å². The van der Waals surface area contributed by atoms with Gasteiger partial charge in [0.25, 0.3) is 0 Å². The minimum absolute atomic E-state index is 0.0443. The van der Waals surface area contributed by atoms with Gasteiger partial charge in [0.2, 0.25) is 5.91 Å². The number of carbonyl (C=O) groups excluding carboxylic acids is 1. The van der Waals surface area contributed by atoms with E-state index in [1.54, 1.807) is 6.20 Å². The van der Waals surface area contributed by atoms with Gasteiger partial charge in [-0.05, 0) is 30.2 Å². The van der Waals surface area contributed by atoms with Gasteiger partial charge in [-0.3, -0.25) is 9.78 Å². The first-order chi connectivity index (χ1) is 12.7. The number of hydrogen-bond donors (Lipinski definition) is 2. The summed E-state index contributed by atoms with van der Waals surface area (Å²) in [5, 5.41) is 3.38. The first kappa shape index (κ1) is 16.7. The monoisotopic (exact) mass is 349 g/mol. The molecular formula is C20H23N5O. The molecule has 4 rings (SSSR count). The number of carbonyl (C=O) groups is 1. The van der Waals surface area contributed by atoms with E-state index in [0.717, 1.165) is 47.6 Å². The lowest BCUT2D eigenvalue weighted by Gasteiger charge is -2.36. The van der Waals surface area contributed by atoms with Crippen LogP contribution in [0.5, 0.6) is 0 Å². The predicted octanol–water partition coefficient (Wildman–Crippen LogP) is 2.37. The van der Waals surface area contributed by atoms with Crippen LogP contribution in [0.4, 0.5) is 0 Å². The van der Waals surface area contributed by atoms with Crippen LogP contribution in [-0.2, 0) is 11.2 Å². The third kappa shape index (κ3) is 3.32. The fourth-order valence-electron chi connectivity index (χ4n) is 3.59. The fraction of sp³-hybridized carbons (Fsp3) is 0.350. The molecule has 0 radical (unpaired) electrons. The summed E-state index contributed by atoms with van der Waals surface area (Å²) in [5.74, 6) is 1.04. The fourth-order valence-corrected chi connectivity index (χ4v) is 3.59. The maximum Gasteiger partial charge on any atom is 0.223 e. The number of hydrogen-bond acceptors (Lipinski definition) is 4. The number of aryl methyl sites for hydroxylation is 2. The number of aromatic amines is 1. The van der Waals surface area contributed by atoms with Crippen molar-refractivity contribution < 1.29 is 4.79 Å². The van der Waals surface area contributed by atoms with Gasteiger partial charge in [-0.25, -0.2) is 4.98 Å². The minimum atomic E-state index is 0.0443. The van der Waals surface area contributed by atoms with Crippen LogP contribution in [0.2, 0.25) is 0 Å². The number of imidazole rings is 1. The van der Waals surface area contributed by atoms with E-state index in [4.69, 9.17) is 0 Å². The van der Waals surface area contributed by atoms with E-state index in [9.17, 15) is 4.79 Å². The van der Waals surface area contributed by atoms with Crippen LogP contribution in [0.25, 0.3) is 11.0 Å². The molecule has 1 amide bonds. The van der Waals surface area contributed by atoms with E-state index in [1.165, 1.54) is 0 Å². The summed E-state index contributed by atoms with van der Waals surface area (Å²) >= 11 is 0. The molecule has 1 saturated heterocycles. The van der Waals surface area contributed by atoms with Crippen molar-refractivity contribution in [2.45, 2.75) is 25.8 Å². The number of nitrogens with one attached hydrogen (secondary N) is 2. The average Bonchev–Trinajstić information content (AvgIpc) is 3.11. The van der Waals surface area contributed by atoms with Gasteiger partial charge in [-0.2, -0.15) is 0 Å². The van der Waals surface area contributed by atoms with Crippen molar-refractivity contribution in [3.63, 3.8) is 0 Å². The van der Waals surface area contributed by atoms with Crippen molar-refractivity contribution in [1.82, 2.24) is 25.2 Å². The molecule has 0 spiro atoms. The van der Waals surface area contributed by atoms with Crippen molar-refractivity contribution in [2.75, 3.05) is 19.6 Å². The Kier molecular flexibility index (Phi) is 4.67. The summed E-state index contributed by atoms with van der Waals surface area (Å²) in [5.41, 5.74) is 4.25. The molecule has 0 bridgehead atoms. The number of para-hydroxylation sites is 1. The summed E-state index contributed by atoms with van der Waals surface area (Å²) in [6.45, 7) is 4.36. The molecule has 2 aromatic heterocycles. The highest BCUT2D eigenvalue weighted by Crippen LogP contribution is 2.23. The zero-order valence-electron chi connectivity index (χ0n) is 14.9. The second-order valence-electron chi connectivity index (χ2n) is 6.75. The molecule has 26 heavy (non-hydrogen) atoms. The summed E-state index contributed by atoms with van der Waals surface area (Å²) in [7, 11) is 0. The lowest BCUT2D eigenvalue weighted by Crippen LogP contribution is -2.48. The Morgan fingerprint density at radius 3 is 3.04 bits per heavy atom. The Morgan fingerprint density at radius 1 is 1.31 bits per heavy atom. The summed E-state index contributed by atoms with van der Waals surface area (Å²) in [4.78, 5) is 27.0. The highest BCUT2D eigenvalue weighted by atomic mass is 16.2. The molecule has 1 aliphatic heterocycles. The molecule has 134 valence electrons. The van der Waals surface area contributed by atoms with Crippen LogP contribution in [-0.4, -0.2) is 45.4 Å². The maximum atomic E-state index is 12.9. The quantitative estimate of drug-likeness (QED) is 0.758. The molecule has 3 heterocycles. The van der Waals surface area contributed by atoms with E-state index in [-0.39, 0.29) is 11.9 Å². The Hall–Kier alpha value is -2.73. The van der Waals surface area contributed by atoms with Crippen molar-refractivity contribution in [1.29, 1.82) is 0 Å². The third-order valence-electron chi connectivity index (χ3n) is 4.97. The Bertz CT molecular complexity index is 905. The largest absolute Gasteiger partial charge is 0.342 e. The van der Waals surface area contributed by atoms with Crippen LogP contribution >= 0.6 is 0 Å². The molecule has 2 N–H and O–H groups in total. The SMILES string of the molecule is Cc1cccc2[nH]c(CCC(=O)N3CCNCC3c3cccnc3)nc12. The number of nitrogens with zero attached hydrogens (tertiary/aromatic N) is 3. The molecular weight excluding hydrogens is 326 g/mol. The van der Waals surface area contributed by atoms with E-state index >= 15 is 0 Å². The van der Waals surface area contributed by atoms with Crippen LogP contribution in [0.3, 0.4) is 0 Å². The molecule has 1 aromatic carbocycles. The summed E-state index contributed by atoms with van der Waals surface area (Å²) in [6.07, 6.45) is 4.68. The van der Waals surface area contributed by atoms with E-state index in [1.807, 2.05) is 35.4 Å². The standard InChI is InChI=1S/C20H23N5O/c1-14-4-2-6-16-20(14)24-18(23-16)7-8-19(26)25-11-10-22-13-17(25)15-5-3-9-21-12-15/h2-6,9,12,17,22H,7-8,10-11,13H2,1H3,(H,23,24). The average molecular weight is 349 g/mol.